The van der Waals surface area contributed by atoms with Gasteiger partial charge in [-0.2, -0.15) is 0 Å². The molecule has 2 nitrogen and oxygen atoms in total. The van der Waals surface area contributed by atoms with Crippen LogP contribution in [-0.4, -0.2) is 31.6 Å². The number of hydrogen-bond acceptors (Lipinski definition) is 2. The first-order chi connectivity index (χ1) is 15.4. The molecule has 1 atom stereocenters. The molecule has 1 aromatic carbocycles. The van der Waals surface area contributed by atoms with Crippen molar-refractivity contribution in [1.29, 1.82) is 0 Å². The molecule has 0 heterocycles. The lowest BCUT2D eigenvalue weighted by Crippen LogP contribution is -2.30. The maximum absolute atomic E-state index is 3.69. The minimum Gasteiger partial charge on any atom is -0.373 e. The summed E-state index contributed by atoms with van der Waals surface area (Å²) < 4.78 is 0. The van der Waals surface area contributed by atoms with Crippen LogP contribution in [0.15, 0.2) is 34.1 Å². The summed E-state index contributed by atoms with van der Waals surface area (Å²) >= 11 is 0. The molecule has 0 amide bonds. The third kappa shape index (κ3) is 7.34. The van der Waals surface area contributed by atoms with Crippen molar-refractivity contribution >= 4 is 0 Å². The molecule has 0 spiro atoms. The summed E-state index contributed by atoms with van der Waals surface area (Å²) in [6.07, 6.45) is 4.66. The maximum atomic E-state index is 3.69. The molecule has 0 radical (unpaired) electrons. The quantitative estimate of drug-likeness (QED) is 0.269. The lowest BCUT2D eigenvalue weighted by atomic mass is 9.82. The van der Waals surface area contributed by atoms with Crippen LogP contribution in [0.3, 0.4) is 0 Å². The fraction of sp³-hybridized carbons (Fsp3) is 0.613. The Hall–Kier alpha value is -1.80. The van der Waals surface area contributed by atoms with Crippen molar-refractivity contribution in [2.45, 2.75) is 102 Å². The molecular weight excluding hydrogens is 400 g/mol. The average molecular weight is 453 g/mol. The first-order valence-electron chi connectivity index (χ1n) is 12.8. The molecule has 0 fully saturated rings. The van der Waals surface area contributed by atoms with Gasteiger partial charge in [0.25, 0.3) is 0 Å². The van der Waals surface area contributed by atoms with Gasteiger partial charge in [0.1, 0.15) is 0 Å². The Morgan fingerprint density at radius 2 is 1.33 bits per heavy atom. The fourth-order valence-electron chi connectivity index (χ4n) is 5.00. The zero-order valence-electron chi connectivity index (χ0n) is 24.1. The van der Waals surface area contributed by atoms with Gasteiger partial charge in [-0.05, 0) is 152 Å². The summed E-state index contributed by atoms with van der Waals surface area (Å²) in [7, 11) is 2.22. The SMILES string of the molecule is C/C=C(C)/C(=C(/C)C(C)=C(C)C)N(C)CCNCCCC(C)c1c(C)c(C)c(C)c(C)c1C. The molecule has 0 saturated carbocycles. The van der Waals surface area contributed by atoms with Crippen molar-refractivity contribution in [2.75, 3.05) is 26.7 Å². The predicted octanol–water partition coefficient (Wildman–Crippen LogP) is 8.23. The third-order valence-corrected chi connectivity index (χ3v) is 8.02. The van der Waals surface area contributed by atoms with Gasteiger partial charge in [0.05, 0.1) is 0 Å². The number of nitrogens with zero attached hydrogens (tertiary/aromatic N) is 1. The smallest absolute Gasteiger partial charge is 0.0422 e. The van der Waals surface area contributed by atoms with Gasteiger partial charge in [0.15, 0.2) is 0 Å². The van der Waals surface area contributed by atoms with Crippen LogP contribution in [0.2, 0.25) is 0 Å². The van der Waals surface area contributed by atoms with Gasteiger partial charge >= 0.3 is 0 Å². The molecule has 1 N–H and O–H groups in total. The summed E-state index contributed by atoms with van der Waals surface area (Å²) in [5.74, 6) is 0.606. The van der Waals surface area contributed by atoms with Gasteiger partial charge in [0, 0.05) is 25.8 Å². The normalized spacial score (nSPS) is 13.7. The van der Waals surface area contributed by atoms with Crippen LogP contribution in [0.25, 0.3) is 0 Å². The van der Waals surface area contributed by atoms with Gasteiger partial charge in [0.2, 0.25) is 0 Å². The largest absolute Gasteiger partial charge is 0.373 e. The second-order valence-electron chi connectivity index (χ2n) is 10.3. The second-order valence-corrected chi connectivity index (χ2v) is 10.3. The van der Waals surface area contributed by atoms with Gasteiger partial charge < -0.3 is 10.2 Å². The molecule has 0 aliphatic rings. The van der Waals surface area contributed by atoms with Crippen molar-refractivity contribution in [3.63, 3.8) is 0 Å². The molecule has 2 heteroatoms. The van der Waals surface area contributed by atoms with E-state index in [-0.39, 0.29) is 0 Å². The van der Waals surface area contributed by atoms with Gasteiger partial charge in [-0.3, -0.25) is 0 Å². The summed E-state index contributed by atoms with van der Waals surface area (Å²) in [5.41, 5.74) is 15.9. The summed E-state index contributed by atoms with van der Waals surface area (Å²) in [4.78, 5) is 2.41. The highest BCUT2D eigenvalue weighted by molar-refractivity contribution is 5.50. The Labute approximate surface area is 206 Å². The number of rotatable bonds is 11. The topological polar surface area (TPSA) is 15.3 Å². The lowest BCUT2D eigenvalue weighted by Gasteiger charge is -2.27. The standard InChI is InChI=1S/C31H52N2/c1-14-21(4)31(29(12)23(6)20(2)3)33(13)19-18-32-17-15-16-22(5)30-27(10)25(8)24(7)26(9)28(30)11/h14,22,32H,15-19H2,1-13H3/b21-14+,31-29+. The van der Waals surface area contributed by atoms with E-state index in [0.29, 0.717) is 5.92 Å². The summed E-state index contributed by atoms with van der Waals surface area (Å²) in [6.45, 7) is 30.2. The first kappa shape index (κ1) is 29.2. The molecule has 0 aliphatic heterocycles. The molecule has 0 aliphatic carbocycles. The van der Waals surface area contributed by atoms with E-state index in [1.165, 1.54) is 68.6 Å². The highest BCUT2D eigenvalue weighted by atomic mass is 15.1. The maximum Gasteiger partial charge on any atom is 0.0422 e. The molecule has 1 aromatic rings. The number of allylic oxidation sites excluding steroid dienone is 5. The molecular formula is C31H52N2. The second kappa shape index (κ2) is 13.2. The molecule has 0 aromatic heterocycles. The number of hydrogen-bond donors (Lipinski definition) is 1. The van der Waals surface area contributed by atoms with Crippen LogP contribution in [0.4, 0.5) is 0 Å². The van der Waals surface area contributed by atoms with Crippen LogP contribution in [0.5, 0.6) is 0 Å². The summed E-state index contributed by atoms with van der Waals surface area (Å²) in [5, 5.41) is 3.69. The van der Waals surface area contributed by atoms with Crippen molar-refractivity contribution < 1.29 is 0 Å². The third-order valence-electron chi connectivity index (χ3n) is 8.02. The predicted molar refractivity (Wildman–Crippen MR) is 149 cm³/mol. The Kier molecular flexibility index (Phi) is 11.7. The van der Waals surface area contributed by atoms with Crippen LogP contribution >= 0.6 is 0 Å². The molecule has 33 heavy (non-hydrogen) atoms. The van der Waals surface area contributed by atoms with E-state index in [4.69, 9.17) is 0 Å². The minimum atomic E-state index is 0.606. The van der Waals surface area contributed by atoms with E-state index in [1.807, 2.05) is 0 Å². The monoisotopic (exact) mass is 452 g/mol. The van der Waals surface area contributed by atoms with Gasteiger partial charge in [-0.1, -0.05) is 18.6 Å². The average Bonchev–Trinajstić information content (AvgIpc) is 2.77. The Morgan fingerprint density at radius 3 is 1.82 bits per heavy atom. The molecule has 0 saturated heterocycles. The van der Waals surface area contributed by atoms with E-state index in [9.17, 15) is 0 Å². The van der Waals surface area contributed by atoms with E-state index in [1.54, 1.807) is 5.56 Å². The highest BCUT2D eigenvalue weighted by Crippen LogP contribution is 2.33. The Balaban J connectivity index is 2.68. The van der Waals surface area contributed by atoms with Crippen LogP contribution < -0.4 is 5.32 Å². The van der Waals surface area contributed by atoms with E-state index in [0.717, 1.165) is 19.6 Å². The van der Waals surface area contributed by atoms with Crippen molar-refractivity contribution in [3.05, 3.63) is 67.4 Å². The number of benzene rings is 1. The van der Waals surface area contributed by atoms with E-state index in [2.05, 4.69) is 106 Å². The van der Waals surface area contributed by atoms with Crippen molar-refractivity contribution in [2.24, 2.45) is 0 Å². The van der Waals surface area contributed by atoms with Gasteiger partial charge in [-0.15, -0.1) is 0 Å². The minimum absolute atomic E-state index is 0.606. The fourth-order valence-corrected chi connectivity index (χ4v) is 5.00. The zero-order valence-corrected chi connectivity index (χ0v) is 24.1. The van der Waals surface area contributed by atoms with Gasteiger partial charge in [-0.25, -0.2) is 0 Å². The Morgan fingerprint density at radius 1 is 0.818 bits per heavy atom. The molecule has 1 unspecified atom stereocenters. The van der Waals surface area contributed by atoms with E-state index >= 15 is 0 Å². The molecule has 186 valence electrons. The summed E-state index contributed by atoms with van der Waals surface area (Å²) in [6, 6.07) is 0. The van der Waals surface area contributed by atoms with Crippen LogP contribution in [-0.2, 0) is 0 Å². The highest BCUT2D eigenvalue weighted by Gasteiger charge is 2.17. The number of likely N-dealkylation sites (N-methyl/N-ethyl adjacent to an activating group) is 1. The van der Waals surface area contributed by atoms with Crippen molar-refractivity contribution in [1.82, 2.24) is 10.2 Å². The van der Waals surface area contributed by atoms with Crippen molar-refractivity contribution in [3.8, 4) is 0 Å². The first-order valence-corrected chi connectivity index (χ1v) is 12.8. The van der Waals surface area contributed by atoms with E-state index < -0.39 is 0 Å². The zero-order chi connectivity index (χ0) is 25.5. The molecule has 0 bridgehead atoms. The van der Waals surface area contributed by atoms with Crippen LogP contribution in [0, 0.1) is 34.6 Å². The lowest BCUT2D eigenvalue weighted by molar-refractivity contribution is 0.408. The Bertz CT molecular complexity index is 878. The van der Waals surface area contributed by atoms with Crippen LogP contribution in [0.1, 0.15) is 101 Å². The number of nitrogens with one attached hydrogen (secondary N) is 1. The molecule has 1 rings (SSSR count).